The van der Waals surface area contributed by atoms with Gasteiger partial charge in [0.05, 0.1) is 12.3 Å². The molecule has 6 nitrogen and oxygen atoms in total. The molecule has 2 aliphatic rings. The summed E-state index contributed by atoms with van der Waals surface area (Å²) in [6.07, 6.45) is -1.82. The highest BCUT2D eigenvalue weighted by molar-refractivity contribution is 5.50. The third-order valence-corrected chi connectivity index (χ3v) is 5.12. The quantitative estimate of drug-likeness (QED) is 0.761. The van der Waals surface area contributed by atoms with Gasteiger partial charge in [-0.25, -0.2) is 4.98 Å². The Labute approximate surface area is 166 Å². The van der Waals surface area contributed by atoms with Gasteiger partial charge < -0.3 is 20.1 Å². The van der Waals surface area contributed by atoms with Crippen molar-refractivity contribution in [2.45, 2.75) is 51.1 Å². The van der Waals surface area contributed by atoms with Crippen LogP contribution in [-0.4, -0.2) is 40.6 Å². The predicted molar refractivity (Wildman–Crippen MR) is 102 cm³/mol. The van der Waals surface area contributed by atoms with E-state index in [1.807, 2.05) is 17.9 Å². The van der Waals surface area contributed by atoms with Crippen molar-refractivity contribution in [1.82, 2.24) is 9.97 Å². The van der Waals surface area contributed by atoms with Gasteiger partial charge in [0.15, 0.2) is 0 Å². The average Bonchev–Trinajstić information content (AvgIpc) is 3.51. The molecule has 1 saturated carbocycles. The van der Waals surface area contributed by atoms with Crippen molar-refractivity contribution in [2.75, 3.05) is 23.4 Å². The Kier molecular flexibility index (Phi) is 5.24. The van der Waals surface area contributed by atoms with E-state index >= 15 is 0 Å². The molecule has 0 spiro atoms. The SMILES string of the molecule is C[C@H](CO)Nc1nc(C2CC2)cc(N2CCc3ccc(OC(F)(F)F)cc3C2)n1. The number of benzene rings is 1. The highest BCUT2D eigenvalue weighted by Crippen LogP contribution is 2.40. The van der Waals surface area contributed by atoms with Crippen LogP contribution in [0.5, 0.6) is 5.75 Å². The van der Waals surface area contributed by atoms with Gasteiger partial charge in [-0.05, 0) is 49.4 Å². The highest BCUT2D eigenvalue weighted by Gasteiger charge is 2.32. The van der Waals surface area contributed by atoms with Gasteiger partial charge >= 0.3 is 6.36 Å². The lowest BCUT2D eigenvalue weighted by atomic mass is 9.99. The van der Waals surface area contributed by atoms with Crippen LogP contribution in [0.3, 0.4) is 0 Å². The Morgan fingerprint density at radius 2 is 2.03 bits per heavy atom. The molecule has 0 saturated heterocycles. The maximum atomic E-state index is 12.5. The third kappa shape index (κ3) is 4.90. The Hall–Kier alpha value is -2.55. The van der Waals surface area contributed by atoms with E-state index in [-0.39, 0.29) is 18.4 Å². The number of fused-ring (bicyclic) bond motifs is 1. The van der Waals surface area contributed by atoms with Gasteiger partial charge in [0, 0.05) is 31.1 Å². The number of hydrogen-bond acceptors (Lipinski definition) is 6. The maximum Gasteiger partial charge on any atom is 0.573 e. The first-order valence-corrected chi connectivity index (χ1v) is 9.69. The Morgan fingerprint density at radius 1 is 1.24 bits per heavy atom. The van der Waals surface area contributed by atoms with Crippen molar-refractivity contribution in [3.63, 3.8) is 0 Å². The highest BCUT2D eigenvalue weighted by atomic mass is 19.4. The second-order valence-corrected chi connectivity index (χ2v) is 7.63. The number of aliphatic hydroxyl groups is 1. The normalized spacial score (nSPS) is 17.6. The number of halogens is 3. The Balaban J connectivity index is 1.58. The van der Waals surface area contributed by atoms with Crippen LogP contribution in [0, 0.1) is 0 Å². The average molecular weight is 408 g/mol. The van der Waals surface area contributed by atoms with Crippen LogP contribution in [-0.2, 0) is 13.0 Å². The predicted octanol–water partition coefficient (Wildman–Crippen LogP) is 3.61. The van der Waals surface area contributed by atoms with Gasteiger partial charge in [-0.1, -0.05) is 6.07 Å². The number of aromatic nitrogens is 2. The number of alkyl halides is 3. The summed E-state index contributed by atoms with van der Waals surface area (Å²) in [7, 11) is 0. The Morgan fingerprint density at radius 3 is 2.72 bits per heavy atom. The minimum absolute atomic E-state index is 0.0363. The number of anilines is 2. The molecule has 4 rings (SSSR count). The fourth-order valence-electron chi connectivity index (χ4n) is 3.46. The molecule has 1 aromatic carbocycles. The number of ether oxygens (including phenoxy) is 1. The summed E-state index contributed by atoms with van der Waals surface area (Å²) in [4.78, 5) is 11.2. The third-order valence-electron chi connectivity index (χ3n) is 5.12. The number of nitrogens with one attached hydrogen (secondary N) is 1. The molecule has 156 valence electrons. The van der Waals surface area contributed by atoms with Gasteiger partial charge in [0.1, 0.15) is 11.6 Å². The lowest BCUT2D eigenvalue weighted by Crippen LogP contribution is -2.32. The van der Waals surface area contributed by atoms with Gasteiger partial charge in [-0.15, -0.1) is 13.2 Å². The molecule has 1 fully saturated rings. The molecule has 0 unspecified atom stereocenters. The molecule has 1 aromatic heterocycles. The zero-order chi connectivity index (χ0) is 20.6. The molecular formula is C20H23F3N4O2. The maximum absolute atomic E-state index is 12.5. The van der Waals surface area contributed by atoms with Crippen molar-refractivity contribution in [3.05, 3.63) is 41.1 Å². The van der Waals surface area contributed by atoms with E-state index in [0.717, 1.165) is 35.5 Å². The van der Waals surface area contributed by atoms with E-state index in [9.17, 15) is 18.3 Å². The van der Waals surface area contributed by atoms with E-state index in [4.69, 9.17) is 0 Å². The molecule has 2 aromatic rings. The molecular weight excluding hydrogens is 385 g/mol. The summed E-state index contributed by atoms with van der Waals surface area (Å²) in [5, 5.41) is 12.4. The van der Waals surface area contributed by atoms with Crippen molar-refractivity contribution < 1.29 is 23.0 Å². The van der Waals surface area contributed by atoms with Crippen molar-refractivity contribution >= 4 is 11.8 Å². The van der Waals surface area contributed by atoms with Crippen LogP contribution >= 0.6 is 0 Å². The standard InChI is InChI=1S/C20H23F3N4O2/c1-12(11-28)24-19-25-17(14-2-3-14)9-18(26-19)27-7-6-13-4-5-16(8-15(13)10-27)29-20(21,22)23/h4-5,8-9,12,14,28H,2-3,6-7,10-11H2,1H3,(H,24,25,26)/t12-/m1/s1. The van der Waals surface area contributed by atoms with Crippen LogP contribution in [0.25, 0.3) is 0 Å². The van der Waals surface area contributed by atoms with Crippen molar-refractivity contribution in [3.8, 4) is 5.75 Å². The zero-order valence-electron chi connectivity index (χ0n) is 16.0. The van der Waals surface area contributed by atoms with Crippen LogP contribution in [0.15, 0.2) is 24.3 Å². The summed E-state index contributed by atoms with van der Waals surface area (Å²) in [6.45, 7) is 2.96. The molecule has 2 heterocycles. The molecule has 1 aliphatic carbocycles. The lowest BCUT2D eigenvalue weighted by molar-refractivity contribution is -0.274. The van der Waals surface area contributed by atoms with E-state index in [1.165, 1.54) is 12.1 Å². The fraction of sp³-hybridized carbons (Fsp3) is 0.500. The summed E-state index contributed by atoms with van der Waals surface area (Å²) >= 11 is 0. The van der Waals surface area contributed by atoms with Crippen LogP contribution in [0.1, 0.15) is 42.5 Å². The van der Waals surface area contributed by atoms with E-state index in [1.54, 1.807) is 6.07 Å². The summed E-state index contributed by atoms with van der Waals surface area (Å²) in [6, 6.07) is 6.29. The van der Waals surface area contributed by atoms with Crippen molar-refractivity contribution in [1.29, 1.82) is 0 Å². The largest absolute Gasteiger partial charge is 0.573 e. The molecule has 0 radical (unpaired) electrons. The zero-order valence-corrected chi connectivity index (χ0v) is 16.0. The van der Waals surface area contributed by atoms with Gasteiger partial charge in [0.2, 0.25) is 5.95 Å². The first-order chi connectivity index (χ1) is 13.8. The lowest BCUT2D eigenvalue weighted by Gasteiger charge is -2.30. The minimum Gasteiger partial charge on any atom is -0.406 e. The fourth-order valence-corrected chi connectivity index (χ4v) is 3.46. The molecule has 0 bridgehead atoms. The van der Waals surface area contributed by atoms with Gasteiger partial charge in [0.25, 0.3) is 0 Å². The van der Waals surface area contributed by atoms with E-state index in [0.29, 0.717) is 31.4 Å². The van der Waals surface area contributed by atoms with Crippen LogP contribution in [0.4, 0.5) is 24.9 Å². The van der Waals surface area contributed by atoms with Gasteiger partial charge in [-0.2, -0.15) is 4.98 Å². The number of aliphatic hydroxyl groups excluding tert-OH is 1. The number of rotatable bonds is 6. The summed E-state index contributed by atoms with van der Waals surface area (Å²) in [5.74, 6) is 1.41. The molecule has 1 aliphatic heterocycles. The molecule has 9 heteroatoms. The van der Waals surface area contributed by atoms with Gasteiger partial charge in [-0.3, -0.25) is 0 Å². The molecule has 0 amide bonds. The minimum atomic E-state index is -4.71. The molecule has 2 N–H and O–H groups in total. The second kappa shape index (κ2) is 7.70. The second-order valence-electron chi connectivity index (χ2n) is 7.63. The molecule has 1 atom stereocenters. The first-order valence-electron chi connectivity index (χ1n) is 9.69. The summed E-state index contributed by atoms with van der Waals surface area (Å²) in [5.41, 5.74) is 2.77. The smallest absolute Gasteiger partial charge is 0.406 e. The first kappa shape index (κ1) is 19.8. The van der Waals surface area contributed by atoms with Crippen LogP contribution in [0.2, 0.25) is 0 Å². The van der Waals surface area contributed by atoms with E-state index < -0.39 is 6.36 Å². The summed E-state index contributed by atoms with van der Waals surface area (Å²) < 4.78 is 41.7. The van der Waals surface area contributed by atoms with Crippen molar-refractivity contribution in [2.24, 2.45) is 0 Å². The van der Waals surface area contributed by atoms with Crippen LogP contribution < -0.4 is 15.0 Å². The Bertz CT molecular complexity index is 887. The monoisotopic (exact) mass is 408 g/mol. The topological polar surface area (TPSA) is 70.5 Å². The van der Waals surface area contributed by atoms with E-state index in [2.05, 4.69) is 20.0 Å². The number of hydrogen-bond donors (Lipinski definition) is 2. The molecule has 29 heavy (non-hydrogen) atoms. The number of nitrogens with zero attached hydrogens (tertiary/aromatic N) is 3.